The van der Waals surface area contributed by atoms with Crippen molar-refractivity contribution in [2.24, 2.45) is 5.92 Å². The van der Waals surface area contributed by atoms with Gasteiger partial charge in [-0.2, -0.15) is 13.2 Å². The number of anilines is 1. The topological polar surface area (TPSA) is 89.9 Å². The van der Waals surface area contributed by atoms with Gasteiger partial charge in [-0.25, -0.2) is 15.0 Å². The van der Waals surface area contributed by atoms with Gasteiger partial charge in [0, 0.05) is 39.0 Å². The Kier molecular flexibility index (Phi) is 7.60. The van der Waals surface area contributed by atoms with Gasteiger partial charge in [-0.05, 0) is 31.7 Å². The van der Waals surface area contributed by atoms with Crippen LogP contribution in [0.3, 0.4) is 0 Å². The van der Waals surface area contributed by atoms with Crippen molar-refractivity contribution >= 4 is 11.6 Å². The fraction of sp³-hybridized carbons (Fsp3) is 0.615. The molecule has 2 aromatic rings. The number of likely N-dealkylation sites (tertiary alicyclic amines) is 1. The SMILES string of the molecule is COc1ncc(N2CCc3ncnc(O[C@H]4CCN(C(=O)C5CCC(OC)CC5)C4)c3C2)cc1C(F)(F)F. The summed E-state index contributed by atoms with van der Waals surface area (Å²) in [6.45, 7) is 1.88. The highest BCUT2D eigenvalue weighted by Crippen LogP contribution is 2.38. The van der Waals surface area contributed by atoms with E-state index in [1.807, 2.05) is 4.90 Å². The average Bonchev–Trinajstić information content (AvgIpc) is 3.40. The second-order valence-electron chi connectivity index (χ2n) is 10.0. The predicted molar refractivity (Wildman–Crippen MR) is 131 cm³/mol. The number of pyridine rings is 1. The number of fused-ring (bicyclic) bond motifs is 1. The molecule has 3 aliphatic rings. The van der Waals surface area contributed by atoms with Crippen LogP contribution in [-0.2, 0) is 28.7 Å². The number of aromatic nitrogens is 3. The third-order valence-corrected chi connectivity index (χ3v) is 7.75. The van der Waals surface area contributed by atoms with Crippen LogP contribution in [0.2, 0.25) is 0 Å². The fourth-order valence-electron chi connectivity index (χ4n) is 5.60. The minimum Gasteiger partial charge on any atom is -0.481 e. The van der Waals surface area contributed by atoms with E-state index in [1.54, 1.807) is 12.0 Å². The molecule has 0 spiro atoms. The first kappa shape index (κ1) is 26.5. The second kappa shape index (κ2) is 10.9. The van der Waals surface area contributed by atoms with Crippen LogP contribution in [0.25, 0.3) is 0 Å². The van der Waals surface area contributed by atoms with Gasteiger partial charge in [-0.3, -0.25) is 4.79 Å². The van der Waals surface area contributed by atoms with E-state index in [0.717, 1.165) is 43.0 Å². The van der Waals surface area contributed by atoms with Crippen LogP contribution in [0.1, 0.15) is 48.9 Å². The maximum absolute atomic E-state index is 13.5. The Hall–Kier alpha value is -3.15. The lowest BCUT2D eigenvalue weighted by Gasteiger charge is -2.31. The van der Waals surface area contributed by atoms with Crippen molar-refractivity contribution in [2.75, 3.05) is 38.8 Å². The van der Waals surface area contributed by atoms with Gasteiger partial charge < -0.3 is 24.0 Å². The number of carbonyl (C=O) groups excluding carboxylic acids is 1. The van der Waals surface area contributed by atoms with Crippen molar-refractivity contribution in [1.29, 1.82) is 0 Å². The van der Waals surface area contributed by atoms with Gasteiger partial charge >= 0.3 is 6.18 Å². The number of halogens is 3. The van der Waals surface area contributed by atoms with Gasteiger partial charge in [0.25, 0.3) is 0 Å². The smallest absolute Gasteiger partial charge is 0.421 e. The summed E-state index contributed by atoms with van der Waals surface area (Å²) in [5.74, 6) is 0.157. The van der Waals surface area contributed by atoms with E-state index in [9.17, 15) is 18.0 Å². The van der Waals surface area contributed by atoms with E-state index in [0.29, 0.717) is 44.0 Å². The molecule has 9 nitrogen and oxygen atoms in total. The molecule has 1 amide bonds. The number of hydrogen-bond donors (Lipinski definition) is 0. The van der Waals surface area contributed by atoms with Gasteiger partial charge in [0.05, 0.1) is 49.4 Å². The summed E-state index contributed by atoms with van der Waals surface area (Å²) in [5, 5.41) is 0. The van der Waals surface area contributed by atoms with Crippen molar-refractivity contribution in [3.63, 3.8) is 0 Å². The molecule has 5 rings (SSSR count). The Morgan fingerprint density at radius 3 is 2.50 bits per heavy atom. The summed E-state index contributed by atoms with van der Waals surface area (Å²) in [7, 11) is 2.88. The Labute approximate surface area is 219 Å². The summed E-state index contributed by atoms with van der Waals surface area (Å²) >= 11 is 0. The summed E-state index contributed by atoms with van der Waals surface area (Å²) in [5.41, 5.74) is 0.963. The van der Waals surface area contributed by atoms with Crippen molar-refractivity contribution in [1.82, 2.24) is 19.9 Å². The predicted octanol–water partition coefficient (Wildman–Crippen LogP) is 3.65. The number of hydrogen-bond acceptors (Lipinski definition) is 8. The van der Waals surface area contributed by atoms with Crippen LogP contribution in [0.15, 0.2) is 18.6 Å². The van der Waals surface area contributed by atoms with E-state index >= 15 is 0 Å². The average molecular weight is 536 g/mol. The molecule has 1 saturated carbocycles. The molecule has 38 heavy (non-hydrogen) atoms. The Morgan fingerprint density at radius 1 is 1.00 bits per heavy atom. The molecule has 1 saturated heterocycles. The number of rotatable bonds is 6. The third kappa shape index (κ3) is 5.50. The van der Waals surface area contributed by atoms with Crippen molar-refractivity contribution in [2.45, 2.75) is 63.5 Å². The lowest BCUT2D eigenvalue weighted by atomic mass is 9.86. The zero-order valence-electron chi connectivity index (χ0n) is 21.5. The first-order valence-electron chi connectivity index (χ1n) is 12.9. The first-order chi connectivity index (χ1) is 18.3. The lowest BCUT2D eigenvalue weighted by molar-refractivity contribution is -0.139. The Morgan fingerprint density at radius 2 is 1.79 bits per heavy atom. The Balaban J connectivity index is 1.26. The van der Waals surface area contributed by atoms with Crippen LogP contribution in [-0.4, -0.2) is 71.8 Å². The van der Waals surface area contributed by atoms with Crippen molar-refractivity contribution < 1.29 is 32.2 Å². The number of methoxy groups -OCH3 is 2. The molecule has 1 aliphatic carbocycles. The molecule has 0 bridgehead atoms. The van der Waals surface area contributed by atoms with Crippen molar-refractivity contribution in [3.05, 3.63) is 35.4 Å². The molecule has 2 aromatic heterocycles. The van der Waals surface area contributed by atoms with Gasteiger partial charge in [-0.15, -0.1) is 0 Å². The molecule has 0 unspecified atom stereocenters. The molecular weight excluding hydrogens is 503 g/mol. The highest BCUT2D eigenvalue weighted by Gasteiger charge is 2.37. The van der Waals surface area contributed by atoms with Crippen molar-refractivity contribution in [3.8, 4) is 11.8 Å². The van der Waals surface area contributed by atoms with Crippen LogP contribution in [0.5, 0.6) is 11.8 Å². The molecule has 0 aromatic carbocycles. The highest BCUT2D eigenvalue weighted by atomic mass is 19.4. The molecule has 206 valence electrons. The molecule has 1 atom stereocenters. The molecular formula is C26H32F3N5O4. The second-order valence-corrected chi connectivity index (χ2v) is 10.0. The number of alkyl halides is 3. The highest BCUT2D eigenvalue weighted by molar-refractivity contribution is 5.79. The molecule has 0 radical (unpaired) electrons. The molecule has 2 fully saturated rings. The third-order valence-electron chi connectivity index (χ3n) is 7.75. The van der Waals surface area contributed by atoms with Gasteiger partial charge in [0.15, 0.2) is 0 Å². The van der Waals surface area contributed by atoms with E-state index in [1.165, 1.54) is 19.6 Å². The van der Waals surface area contributed by atoms with E-state index in [2.05, 4.69) is 15.0 Å². The number of amides is 1. The normalized spacial score (nSPS) is 23.8. The maximum atomic E-state index is 13.5. The van der Waals surface area contributed by atoms with Crippen LogP contribution < -0.4 is 14.4 Å². The maximum Gasteiger partial charge on any atom is 0.421 e. The molecule has 4 heterocycles. The standard InChI is InChI=1S/C26H32F3N5O4/c1-36-18-5-3-16(4-6-18)25(35)34-9-7-19(13-34)38-23-20-14-33(10-8-22(20)31-15-32-23)17-11-21(26(27,28)29)24(37-2)30-12-17/h11-12,15-16,18-19H,3-10,13-14H2,1-2H3/t16?,18?,19-/m0/s1. The van der Waals surface area contributed by atoms with E-state index < -0.39 is 17.6 Å². The van der Waals surface area contributed by atoms with Crippen LogP contribution >= 0.6 is 0 Å². The monoisotopic (exact) mass is 535 g/mol. The lowest BCUT2D eigenvalue weighted by Crippen LogP contribution is -2.38. The molecule has 0 N–H and O–H groups in total. The fourth-order valence-corrected chi connectivity index (χ4v) is 5.60. The summed E-state index contributed by atoms with van der Waals surface area (Å²) in [6, 6.07) is 1.06. The largest absolute Gasteiger partial charge is 0.481 e. The zero-order chi connectivity index (χ0) is 26.9. The Bertz CT molecular complexity index is 1160. The number of carbonyl (C=O) groups is 1. The molecule has 2 aliphatic heterocycles. The van der Waals surface area contributed by atoms with Gasteiger partial charge in [0.1, 0.15) is 18.0 Å². The van der Waals surface area contributed by atoms with Gasteiger partial charge in [-0.1, -0.05) is 0 Å². The summed E-state index contributed by atoms with van der Waals surface area (Å²) < 4.78 is 57.1. The van der Waals surface area contributed by atoms with Crippen LogP contribution in [0.4, 0.5) is 18.9 Å². The molecule has 12 heteroatoms. The number of nitrogens with zero attached hydrogens (tertiary/aromatic N) is 5. The summed E-state index contributed by atoms with van der Waals surface area (Å²) in [4.78, 5) is 29.4. The quantitative estimate of drug-likeness (QED) is 0.554. The number of ether oxygens (including phenoxy) is 3. The minimum atomic E-state index is -4.59. The van der Waals surface area contributed by atoms with E-state index in [4.69, 9.17) is 14.2 Å². The minimum absolute atomic E-state index is 0.0280. The summed E-state index contributed by atoms with van der Waals surface area (Å²) in [6.07, 6.45) is 2.98. The van der Waals surface area contributed by atoms with Crippen LogP contribution in [0, 0.1) is 5.92 Å². The zero-order valence-corrected chi connectivity index (χ0v) is 21.5. The van der Waals surface area contributed by atoms with E-state index in [-0.39, 0.29) is 30.6 Å². The van der Waals surface area contributed by atoms with Gasteiger partial charge in [0.2, 0.25) is 17.7 Å². The first-order valence-corrected chi connectivity index (χ1v) is 12.9.